The van der Waals surface area contributed by atoms with Crippen LogP contribution in [-0.4, -0.2) is 6.54 Å². The van der Waals surface area contributed by atoms with Gasteiger partial charge in [0.2, 0.25) is 0 Å². The normalized spacial score (nSPS) is 29.1. The zero-order valence-corrected chi connectivity index (χ0v) is 10.8. The van der Waals surface area contributed by atoms with Crippen LogP contribution in [0.1, 0.15) is 47.0 Å². The van der Waals surface area contributed by atoms with Crippen molar-refractivity contribution in [1.29, 1.82) is 0 Å². The number of hydrogen-bond acceptors (Lipinski definition) is 1. The van der Waals surface area contributed by atoms with Gasteiger partial charge in [0.1, 0.15) is 0 Å². The summed E-state index contributed by atoms with van der Waals surface area (Å²) in [6.45, 7) is 10.1. The van der Waals surface area contributed by atoms with Crippen molar-refractivity contribution >= 4 is 0 Å². The van der Waals surface area contributed by atoms with Gasteiger partial charge in [-0.3, -0.25) is 0 Å². The molecule has 3 atom stereocenters. The summed E-state index contributed by atoms with van der Waals surface area (Å²) in [6, 6.07) is 0. The Hall–Kier alpha value is -0.300. The second-order valence-corrected chi connectivity index (χ2v) is 6.16. The van der Waals surface area contributed by atoms with Crippen LogP contribution in [-0.2, 0) is 0 Å². The Kier molecular flexibility index (Phi) is 4.39. The molecule has 0 amide bonds. The molecule has 0 fully saturated rings. The molecule has 15 heavy (non-hydrogen) atoms. The SMILES string of the molecule is CC1C=CCCC1CC(CN)C(C)(C)C. The number of nitrogens with two attached hydrogens (primary N) is 1. The van der Waals surface area contributed by atoms with Crippen LogP contribution in [0.15, 0.2) is 12.2 Å². The van der Waals surface area contributed by atoms with Gasteiger partial charge in [0.15, 0.2) is 0 Å². The molecule has 0 saturated carbocycles. The average molecular weight is 209 g/mol. The van der Waals surface area contributed by atoms with Crippen LogP contribution in [0.5, 0.6) is 0 Å². The molecule has 0 aliphatic heterocycles. The topological polar surface area (TPSA) is 26.0 Å². The minimum Gasteiger partial charge on any atom is -0.330 e. The summed E-state index contributed by atoms with van der Waals surface area (Å²) in [7, 11) is 0. The number of allylic oxidation sites excluding steroid dienone is 2. The first-order valence-corrected chi connectivity index (χ1v) is 6.32. The Morgan fingerprint density at radius 1 is 1.40 bits per heavy atom. The quantitative estimate of drug-likeness (QED) is 0.706. The average Bonchev–Trinajstić information content (AvgIpc) is 2.14. The fourth-order valence-corrected chi connectivity index (χ4v) is 2.54. The lowest BCUT2D eigenvalue weighted by Gasteiger charge is -2.35. The molecule has 0 saturated heterocycles. The summed E-state index contributed by atoms with van der Waals surface area (Å²) in [4.78, 5) is 0. The minimum absolute atomic E-state index is 0.357. The van der Waals surface area contributed by atoms with Crippen molar-refractivity contribution in [2.24, 2.45) is 28.9 Å². The molecule has 0 bridgehead atoms. The van der Waals surface area contributed by atoms with E-state index in [1.165, 1.54) is 19.3 Å². The van der Waals surface area contributed by atoms with Gasteiger partial charge in [-0.25, -0.2) is 0 Å². The second kappa shape index (κ2) is 5.16. The lowest BCUT2D eigenvalue weighted by Crippen LogP contribution is -2.31. The highest BCUT2D eigenvalue weighted by Crippen LogP contribution is 2.36. The molecule has 0 heterocycles. The Morgan fingerprint density at radius 3 is 2.53 bits per heavy atom. The van der Waals surface area contributed by atoms with Crippen molar-refractivity contribution in [3.8, 4) is 0 Å². The van der Waals surface area contributed by atoms with Crippen molar-refractivity contribution < 1.29 is 0 Å². The van der Waals surface area contributed by atoms with Gasteiger partial charge in [-0.2, -0.15) is 0 Å². The summed E-state index contributed by atoms with van der Waals surface area (Å²) in [6.07, 6.45) is 8.62. The Balaban J connectivity index is 2.55. The summed E-state index contributed by atoms with van der Waals surface area (Å²) < 4.78 is 0. The first-order valence-electron chi connectivity index (χ1n) is 6.32. The standard InChI is InChI=1S/C14H27N/c1-11-7-5-6-8-12(11)9-13(10-15)14(2,3)4/h5,7,11-13H,6,8-10,15H2,1-4H3. The predicted molar refractivity (Wildman–Crippen MR) is 67.6 cm³/mol. The third kappa shape index (κ3) is 3.64. The third-order valence-corrected chi connectivity index (χ3v) is 3.98. The summed E-state index contributed by atoms with van der Waals surface area (Å²) in [5.41, 5.74) is 6.26. The maximum atomic E-state index is 5.90. The lowest BCUT2D eigenvalue weighted by molar-refractivity contribution is 0.179. The number of rotatable bonds is 3. The smallest absolute Gasteiger partial charge is 0.00438 e. The zero-order chi connectivity index (χ0) is 11.5. The molecule has 1 aliphatic carbocycles. The van der Waals surface area contributed by atoms with Crippen molar-refractivity contribution in [2.75, 3.05) is 6.54 Å². The van der Waals surface area contributed by atoms with Crippen molar-refractivity contribution in [3.63, 3.8) is 0 Å². The van der Waals surface area contributed by atoms with Gasteiger partial charge in [0, 0.05) is 0 Å². The molecule has 1 aliphatic rings. The zero-order valence-electron chi connectivity index (χ0n) is 10.8. The minimum atomic E-state index is 0.357. The Labute approximate surface area is 95.1 Å². The Morgan fingerprint density at radius 2 is 2.07 bits per heavy atom. The van der Waals surface area contributed by atoms with Crippen LogP contribution in [0.2, 0.25) is 0 Å². The van der Waals surface area contributed by atoms with Crippen molar-refractivity contribution in [3.05, 3.63) is 12.2 Å². The molecular weight excluding hydrogens is 182 g/mol. The van der Waals surface area contributed by atoms with E-state index >= 15 is 0 Å². The van der Waals surface area contributed by atoms with Crippen molar-refractivity contribution in [2.45, 2.75) is 47.0 Å². The fourth-order valence-electron chi connectivity index (χ4n) is 2.54. The lowest BCUT2D eigenvalue weighted by atomic mass is 9.71. The van der Waals surface area contributed by atoms with Crippen molar-refractivity contribution in [1.82, 2.24) is 0 Å². The van der Waals surface area contributed by atoms with Gasteiger partial charge >= 0.3 is 0 Å². The highest BCUT2D eigenvalue weighted by Gasteiger charge is 2.28. The first kappa shape index (κ1) is 12.8. The van der Waals surface area contributed by atoms with Crippen LogP contribution in [0.3, 0.4) is 0 Å². The van der Waals surface area contributed by atoms with E-state index in [9.17, 15) is 0 Å². The maximum absolute atomic E-state index is 5.90. The second-order valence-electron chi connectivity index (χ2n) is 6.16. The van der Waals surface area contributed by atoms with Gasteiger partial charge in [-0.1, -0.05) is 39.8 Å². The molecule has 2 N–H and O–H groups in total. The molecule has 0 aromatic heterocycles. The van der Waals surface area contributed by atoms with Gasteiger partial charge in [-0.05, 0) is 49.0 Å². The molecular formula is C14H27N. The molecule has 3 unspecified atom stereocenters. The van der Waals surface area contributed by atoms with Crippen LogP contribution in [0.25, 0.3) is 0 Å². The highest BCUT2D eigenvalue weighted by molar-refractivity contribution is 4.96. The molecule has 0 radical (unpaired) electrons. The monoisotopic (exact) mass is 209 g/mol. The third-order valence-electron chi connectivity index (χ3n) is 3.98. The van der Waals surface area contributed by atoms with E-state index in [1.807, 2.05) is 0 Å². The largest absolute Gasteiger partial charge is 0.330 e. The number of hydrogen-bond donors (Lipinski definition) is 1. The first-order chi connectivity index (χ1) is 6.95. The summed E-state index contributed by atoms with van der Waals surface area (Å²) in [5.74, 6) is 2.26. The van der Waals surface area contributed by atoms with Gasteiger partial charge < -0.3 is 5.73 Å². The highest BCUT2D eigenvalue weighted by atomic mass is 14.6. The van der Waals surface area contributed by atoms with E-state index in [1.54, 1.807) is 0 Å². The van der Waals surface area contributed by atoms with E-state index in [0.29, 0.717) is 11.3 Å². The van der Waals surface area contributed by atoms with Crippen LogP contribution < -0.4 is 5.73 Å². The molecule has 0 aromatic carbocycles. The van der Waals surface area contributed by atoms with Crippen LogP contribution >= 0.6 is 0 Å². The summed E-state index contributed by atoms with van der Waals surface area (Å²) >= 11 is 0. The summed E-state index contributed by atoms with van der Waals surface area (Å²) in [5, 5.41) is 0. The van der Waals surface area contributed by atoms with Gasteiger partial charge in [-0.15, -0.1) is 0 Å². The molecule has 0 spiro atoms. The predicted octanol–water partition coefficient (Wildman–Crippen LogP) is 3.60. The Bertz CT molecular complexity index is 212. The fraction of sp³-hybridized carbons (Fsp3) is 0.857. The van der Waals surface area contributed by atoms with Crippen LogP contribution in [0, 0.1) is 23.2 Å². The molecule has 0 aromatic rings. The molecule has 1 rings (SSSR count). The van der Waals surface area contributed by atoms with E-state index in [0.717, 1.165) is 18.4 Å². The van der Waals surface area contributed by atoms with Gasteiger partial charge in [0.25, 0.3) is 0 Å². The van der Waals surface area contributed by atoms with E-state index in [4.69, 9.17) is 5.73 Å². The molecule has 1 nitrogen and oxygen atoms in total. The van der Waals surface area contributed by atoms with E-state index in [2.05, 4.69) is 39.8 Å². The van der Waals surface area contributed by atoms with Gasteiger partial charge in [0.05, 0.1) is 0 Å². The molecule has 1 heteroatoms. The van der Waals surface area contributed by atoms with E-state index < -0.39 is 0 Å². The van der Waals surface area contributed by atoms with Crippen LogP contribution in [0.4, 0.5) is 0 Å². The van der Waals surface area contributed by atoms with E-state index in [-0.39, 0.29) is 0 Å². The molecule has 88 valence electrons. The maximum Gasteiger partial charge on any atom is -0.00438 e.